The van der Waals surface area contributed by atoms with Gasteiger partial charge in [-0.1, -0.05) is 42.5 Å². The molecule has 3 aromatic rings. The van der Waals surface area contributed by atoms with Crippen LogP contribution in [0.15, 0.2) is 60.8 Å². The Kier molecular flexibility index (Phi) is 8.17. The molecule has 2 heterocycles. The van der Waals surface area contributed by atoms with Gasteiger partial charge in [-0.3, -0.25) is 14.6 Å². The summed E-state index contributed by atoms with van der Waals surface area (Å²) in [6.45, 7) is 3.22. The van der Waals surface area contributed by atoms with Crippen molar-refractivity contribution in [3.05, 3.63) is 88.7 Å². The van der Waals surface area contributed by atoms with E-state index in [1.807, 2.05) is 55.6 Å². The summed E-state index contributed by atoms with van der Waals surface area (Å²) in [6, 6.07) is 16.6. The molecule has 0 radical (unpaired) electrons. The summed E-state index contributed by atoms with van der Waals surface area (Å²) in [5, 5.41) is 3.01. The second-order valence-electron chi connectivity index (χ2n) is 8.58. The van der Waals surface area contributed by atoms with Gasteiger partial charge in [-0.05, 0) is 47.7 Å². The van der Waals surface area contributed by atoms with E-state index in [1.54, 1.807) is 24.1 Å². The zero-order chi connectivity index (χ0) is 25.5. The molecule has 0 saturated heterocycles. The lowest BCUT2D eigenvalue weighted by Gasteiger charge is -2.30. The van der Waals surface area contributed by atoms with E-state index in [0.29, 0.717) is 37.6 Å². The van der Waals surface area contributed by atoms with Crippen molar-refractivity contribution in [2.75, 3.05) is 27.4 Å². The highest BCUT2D eigenvalue weighted by Gasteiger charge is 2.26. The fraction of sp³-hybridized carbons (Fsp3) is 0.321. The lowest BCUT2D eigenvalue weighted by atomic mass is 9.94. The maximum Gasteiger partial charge on any atom is 0.260 e. The number of carbonyl (C=O) groups excluding carboxylic acids is 2. The molecular formula is C28H31N3O5. The number of methoxy groups -OCH3 is 2. The van der Waals surface area contributed by atoms with Crippen LogP contribution in [-0.4, -0.2) is 49.1 Å². The Hall–Kier alpha value is -3.91. The number of nitrogens with zero attached hydrogens (tertiary/aromatic N) is 2. The third kappa shape index (κ3) is 5.66. The molecule has 1 atom stereocenters. The standard InChI is InChI=1S/C28H31N3O5/c1-19-23(16-30-28(33)27(35-3)20-9-5-4-6-10-20)22-13-14-31(17-21(22)15-29-19)26(32)18-36-25-12-8-7-11-24(25)34-2/h4-12,15,27H,13-14,16-18H2,1-3H3,(H,30,33)/t27-/m1/s1. The van der Waals surface area contributed by atoms with Crippen LogP contribution in [0.5, 0.6) is 11.5 Å². The van der Waals surface area contributed by atoms with Crippen molar-refractivity contribution in [3.63, 3.8) is 0 Å². The van der Waals surface area contributed by atoms with Gasteiger partial charge in [0.05, 0.1) is 7.11 Å². The first kappa shape index (κ1) is 25.2. The Balaban J connectivity index is 1.40. The van der Waals surface area contributed by atoms with Crippen molar-refractivity contribution in [1.82, 2.24) is 15.2 Å². The molecule has 1 aromatic heterocycles. The molecule has 0 unspecified atom stereocenters. The van der Waals surface area contributed by atoms with E-state index >= 15 is 0 Å². The lowest BCUT2D eigenvalue weighted by Crippen LogP contribution is -2.39. The largest absolute Gasteiger partial charge is 0.493 e. The molecule has 0 saturated carbocycles. The van der Waals surface area contributed by atoms with Crippen LogP contribution in [0.3, 0.4) is 0 Å². The maximum absolute atomic E-state index is 12.9. The van der Waals surface area contributed by atoms with E-state index < -0.39 is 6.10 Å². The number of carbonyl (C=O) groups is 2. The smallest absolute Gasteiger partial charge is 0.260 e. The summed E-state index contributed by atoms with van der Waals surface area (Å²) in [5.74, 6) is 0.809. The number of nitrogens with one attached hydrogen (secondary N) is 1. The van der Waals surface area contributed by atoms with Gasteiger partial charge in [0, 0.05) is 38.6 Å². The summed E-state index contributed by atoms with van der Waals surface area (Å²) >= 11 is 0. The average molecular weight is 490 g/mol. The molecule has 36 heavy (non-hydrogen) atoms. The van der Waals surface area contributed by atoms with Crippen molar-refractivity contribution in [3.8, 4) is 11.5 Å². The van der Waals surface area contributed by atoms with Crippen LogP contribution in [0, 0.1) is 6.92 Å². The number of hydrogen-bond acceptors (Lipinski definition) is 6. The predicted octanol–water partition coefficient (Wildman–Crippen LogP) is 3.37. The zero-order valence-electron chi connectivity index (χ0n) is 20.8. The Labute approximate surface area is 211 Å². The fourth-order valence-electron chi connectivity index (χ4n) is 4.43. The average Bonchev–Trinajstić information content (AvgIpc) is 2.92. The first-order chi connectivity index (χ1) is 17.5. The number of pyridine rings is 1. The highest BCUT2D eigenvalue weighted by atomic mass is 16.5. The Bertz CT molecular complexity index is 1220. The van der Waals surface area contributed by atoms with Gasteiger partial charge in [-0.15, -0.1) is 0 Å². The van der Waals surface area contributed by atoms with Gasteiger partial charge in [-0.25, -0.2) is 0 Å². The molecule has 2 amide bonds. The molecule has 0 spiro atoms. The number of aryl methyl sites for hydroxylation is 1. The molecule has 1 aliphatic heterocycles. The number of aromatic nitrogens is 1. The lowest BCUT2D eigenvalue weighted by molar-refractivity contribution is -0.134. The van der Waals surface area contributed by atoms with Crippen LogP contribution >= 0.6 is 0 Å². The number of amides is 2. The molecule has 8 heteroatoms. The minimum atomic E-state index is -0.685. The topological polar surface area (TPSA) is 90.0 Å². The fourth-order valence-corrected chi connectivity index (χ4v) is 4.43. The van der Waals surface area contributed by atoms with Crippen molar-refractivity contribution in [1.29, 1.82) is 0 Å². The highest BCUT2D eigenvalue weighted by molar-refractivity contribution is 5.82. The molecule has 0 fully saturated rings. The van der Waals surface area contributed by atoms with Gasteiger partial charge >= 0.3 is 0 Å². The van der Waals surface area contributed by atoms with Crippen LogP contribution in [0.25, 0.3) is 0 Å². The van der Waals surface area contributed by atoms with Crippen molar-refractivity contribution >= 4 is 11.8 Å². The maximum atomic E-state index is 12.9. The Morgan fingerprint density at radius 3 is 2.50 bits per heavy atom. The Morgan fingerprint density at radius 1 is 1.06 bits per heavy atom. The molecule has 1 N–H and O–H groups in total. The van der Waals surface area contributed by atoms with E-state index in [1.165, 1.54) is 7.11 Å². The number of rotatable bonds is 9. The van der Waals surface area contributed by atoms with E-state index in [0.717, 1.165) is 27.9 Å². The minimum Gasteiger partial charge on any atom is -0.493 e. The van der Waals surface area contributed by atoms with Crippen molar-refractivity contribution < 1.29 is 23.8 Å². The van der Waals surface area contributed by atoms with E-state index in [9.17, 15) is 9.59 Å². The van der Waals surface area contributed by atoms with E-state index in [-0.39, 0.29) is 18.4 Å². The van der Waals surface area contributed by atoms with Gasteiger partial charge in [0.25, 0.3) is 11.8 Å². The van der Waals surface area contributed by atoms with E-state index in [4.69, 9.17) is 14.2 Å². The predicted molar refractivity (Wildman–Crippen MR) is 135 cm³/mol. The van der Waals surface area contributed by atoms with Gasteiger partial charge in [0.1, 0.15) is 0 Å². The van der Waals surface area contributed by atoms with Crippen LogP contribution in [0.4, 0.5) is 0 Å². The minimum absolute atomic E-state index is 0.0736. The van der Waals surface area contributed by atoms with Crippen molar-refractivity contribution in [2.45, 2.75) is 32.5 Å². The van der Waals surface area contributed by atoms with Crippen LogP contribution in [0.2, 0.25) is 0 Å². The monoisotopic (exact) mass is 489 g/mol. The number of hydrogen-bond donors (Lipinski definition) is 1. The first-order valence-electron chi connectivity index (χ1n) is 11.9. The quantitative estimate of drug-likeness (QED) is 0.496. The summed E-state index contributed by atoms with van der Waals surface area (Å²) < 4.78 is 16.4. The molecule has 4 rings (SSSR count). The third-order valence-corrected chi connectivity index (χ3v) is 6.38. The second-order valence-corrected chi connectivity index (χ2v) is 8.58. The Morgan fingerprint density at radius 2 is 1.78 bits per heavy atom. The first-order valence-corrected chi connectivity index (χ1v) is 11.9. The number of ether oxygens (including phenoxy) is 3. The molecule has 8 nitrogen and oxygen atoms in total. The second kappa shape index (κ2) is 11.7. The molecule has 0 bridgehead atoms. The SMILES string of the molecule is COc1ccccc1OCC(=O)N1CCc2c(cnc(C)c2CNC(=O)[C@H](OC)c2ccccc2)C1. The highest BCUT2D eigenvalue weighted by Crippen LogP contribution is 2.27. The summed E-state index contributed by atoms with van der Waals surface area (Å²) in [4.78, 5) is 32.0. The van der Waals surface area contributed by atoms with Gasteiger partial charge in [-0.2, -0.15) is 0 Å². The molecule has 188 valence electrons. The summed E-state index contributed by atoms with van der Waals surface area (Å²) in [7, 11) is 3.09. The van der Waals surface area contributed by atoms with Gasteiger partial charge < -0.3 is 24.4 Å². The molecule has 2 aromatic carbocycles. The molecule has 1 aliphatic rings. The third-order valence-electron chi connectivity index (χ3n) is 6.38. The summed E-state index contributed by atoms with van der Waals surface area (Å²) in [5.41, 5.74) is 4.76. The van der Waals surface area contributed by atoms with Crippen LogP contribution in [0.1, 0.15) is 34.1 Å². The van der Waals surface area contributed by atoms with Crippen molar-refractivity contribution in [2.24, 2.45) is 0 Å². The number of benzene rings is 2. The zero-order valence-corrected chi connectivity index (χ0v) is 20.8. The van der Waals surface area contributed by atoms with Crippen LogP contribution in [-0.2, 0) is 33.8 Å². The molecule has 0 aliphatic carbocycles. The number of fused-ring (bicyclic) bond motifs is 1. The summed E-state index contributed by atoms with van der Waals surface area (Å²) in [6.07, 6.45) is 1.81. The normalized spacial score (nSPS) is 13.5. The van der Waals surface area contributed by atoms with Crippen LogP contribution < -0.4 is 14.8 Å². The van der Waals surface area contributed by atoms with E-state index in [2.05, 4.69) is 10.3 Å². The molecular weight excluding hydrogens is 458 g/mol. The van der Waals surface area contributed by atoms with Gasteiger partial charge in [0.2, 0.25) is 0 Å². The van der Waals surface area contributed by atoms with Gasteiger partial charge in [0.15, 0.2) is 24.2 Å². The number of para-hydroxylation sites is 2.